The van der Waals surface area contributed by atoms with Crippen molar-refractivity contribution in [2.75, 3.05) is 19.4 Å². The smallest absolute Gasteiger partial charge is 0.374 e. The monoisotopic (exact) mass is 229 g/mol. The van der Waals surface area contributed by atoms with Gasteiger partial charge in [0.25, 0.3) is 0 Å². The second kappa shape index (κ2) is 6.53. The zero-order valence-electron chi connectivity index (χ0n) is 8.69. The summed E-state index contributed by atoms with van der Waals surface area (Å²) in [6.45, 7) is 0.697. The molecule has 0 saturated heterocycles. The van der Waals surface area contributed by atoms with Gasteiger partial charge in [0, 0.05) is 11.3 Å². The Bertz CT molecular complexity index is 311. The van der Waals surface area contributed by atoms with E-state index in [1.807, 2.05) is 0 Å². The van der Waals surface area contributed by atoms with Gasteiger partial charge in [-0.1, -0.05) is 0 Å². The average Bonchev–Trinajstić information content (AvgIpc) is 2.71. The topological polar surface area (TPSA) is 65.5 Å². The van der Waals surface area contributed by atoms with Crippen LogP contribution in [0.2, 0.25) is 0 Å². The summed E-state index contributed by atoms with van der Waals surface area (Å²) in [6, 6.07) is 1.79. The number of thioether (sulfide) groups is 1. The first kappa shape index (κ1) is 12.1. The predicted molar refractivity (Wildman–Crippen MR) is 59.9 cm³/mol. The summed E-state index contributed by atoms with van der Waals surface area (Å²) in [5, 5.41) is 0. The quantitative estimate of drug-likeness (QED) is 0.593. The zero-order valence-corrected chi connectivity index (χ0v) is 9.51. The van der Waals surface area contributed by atoms with E-state index in [-0.39, 0.29) is 0 Å². The molecule has 0 fully saturated rings. The van der Waals surface area contributed by atoms with Crippen LogP contribution in [0.15, 0.2) is 16.7 Å². The third kappa shape index (κ3) is 3.60. The van der Waals surface area contributed by atoms with E-state index in [1.165, 1.54) is 13.4 Å². The summed E-state index contributed by atoms with van der Waals surface area (Å²) < 4.78 is 9.66. The van der Waals surface area contributed by atoms with E-state index in [9.17, 15) is 4.79 Å². The Balaban J connectivity index is 2.46. The van der Waals surface area contributed by atoms with Crippen LogP contribution >= 0.6 is 11.8 Å². The van der Waals surface area contributed by atoms with Gasteiger partial charge < -0.3 is 14.9 Å². The van der Waals surface area contributed by atoms with E-state index in [2.05, 4.69) is 4.74 Å². The molecular formula is C10H15NO3S. The van der Waals surface area contributed by atoms with Gasteiger partial charge in [-0.05, 0) is 24.8 Å². The molecule has 84 valence electrons. The van der Waals surface area contributed by atoms with Gasteiger partial charge in [-0.15, -0.1) is 0 Å². The summed E-state index contributed by atoms with van der Waals surface area (Å²) >= 11 is 1.73. The number of methoxy groups -OCH3 is 1. The lowest BCUT2D eigenvalue weighted by Crippen LogP contribution is -2.03. The van der Waals surface area contributed by atoms with Crippen LogP contribution in [0.1, 0.15) is 22.5 Å². The number of hydrogen-bond acceptors (Lipinski definition) is 5. The van der Waals surface area contributed by atoms with Crippen LogP contribution in [0.5, 0.6) is 0 Å². The van der Waals surface area contributed by atoms with Crippen LogP contribution < -0.4 is 5.73 Å². The number of hydrogen-bond donors (Lipinski definition) is 1. The molecule has 0 radical (unpaired) electrons. The van der Waals surface area contributed by atoms with Crippen molar-refractivity contribution in [1.82, 2.24) is 0 Å². The Kier molecular flexibility index (Phi) is 5.28. The third-order valence-corrected chi connectivity index (χ3v) is 2.96. The fourth-order valence-electron chi connectivity index (χ4n) is 1.09. The fourth-order valence-corrected chi connectivity index (χ4v) is 2.05. The van der Waals surface area contributed by atoms with Gasteiger partial charge in [-0.25, -0.2) is 4.79 Å². The van der Waals surface area contributed by atoms with Crippen molar-refractivity contribution in [3.8, 4) is 0 Å². The van der Waals surface area contributed by atoms with Crippen molar-refractivity contribution >= 4 is 17.7 Å². The number of carbonyl (C=O) groups excluding carboxylic acids is 1. The van der Waals surface area contributed by atoms with Gasteiger partial charge in [0.1, 0.15) is 0 Å². The molecule has 4 nitrogen and oxygen atoms in total. The lowest BCUT2D eigenvalue weighted by molar-refractivity contribution is 0.0564. The molecule has 0 saturated carbocycles. The Morgan fingerprint density at radius 2 is 2.47 bits per heavy atom. The minimum atomic E-state index is -0.422. The first-order chi connectivity index (χ1) is 7.29. The van der Waals surface area contributed by atoms with Crippen LogP contribution in [0.4, 0.5) is 0 Å². The van der Waals surface area contributed by atoms with Crippen LogP contribution in [0.25, 0.3) is 0 Å². The van der Waals surface area contributed by atoms with Gasteiger partial charge in [-0.3, -0.25) is 0 Å². The molecule has 0 unspecified atom stereocenters. The normalized spacial score (nSPS) is 10.3. The largest absolute Gasteiger partial charge is 0.463 e. The minimum absolute atomic E-state index is 0.303. The van der Waals surface area contributed by atoms with E-state index < -0.39 is 5.97 Å². The standard InChI is InChI=1S/C10H15NO3S/c1-13-10(12)9-8(3-5-14-9)7-15-6-2-4-11/h3,5H,2,4,6-7,11H2,1H3. The lowest BCUT2D eigenvalue weighted by atomic mass is 10.3. The highest BCUT2D eigenvalue weighted by molar-refractivity contribution is 7.98. The minimum Gasteiger partial charge on any atom is -0.463 e. The maximum atomic E-state index is 11.2. The maximum Gasteiger partial charge on any atom is 0.374 e. The van der Waals surface area contributed by atoms with Gasteiger partial charge >= 0.3 is 5.97 Å². The Morgan fingerprint density at radius 1 is 1.67 bits per heavy atom. The number of esters is 1. The molecule has 0 aliphatic heterocycles. The van der Waals surface area contributed by atoms with Crippen molar-refractivity contribution in [3.05, 3.63) is 23.7 Å². The van der Waals surface area contributed by atoms with Crippen LogP contribution in [-0.4, -0.2) is 25.4 Å². The molecule has 1 rings (SSSR count). The molecule has 0 atom stereocenters. The molecule has 0 bridgehead atoms. The van der Waals surface area contributed by atoms with Crippen molar-refractivity contribution in [1.29, 1.82) is 0 Å². The van der Waals surface area contributed by atoms with Gasteiger partial charge in [0.05, 0.1) is 13.4 Å². The van der Waals surface area contributed by atoms with Crippen molar-refractivity contribution < 1.29 is 13.9 Å². The summed E-state index contributed by atoms with van der Waals surface area (Å²) in [6.07, 6.45) is 2.49. The molecule has 15 heavy (non-hydrogen) atoms. The van der Waals surface area contributed by atoms with Crippen molar-refractivity contribution in [2.45, 2.75) is 12.2 Å². The van der Waals surface area contributed by atoms with Crippen LogP contribution in [-0.2, 0) is 10.5 Å². The molecule has 5 heteroatoms. The van der Waals surface area contributed by atoms with Crippen molar-refractivity contribution in [3.63, 3.8) is 0 Å². The lowest BCUT2D eigenvalue weighted by Gasteiger charge is -2.00. The average molecular weight is 229 g/mol. The van der Waals surface area contributed by atoms with Gasteiger partial charge in [0.2, 0.25) is 5.76 Å². The van der Waals surface area contributed by atoms with E-state index in [1.54, 1.807) is 17.8 Å². The Morgan fingerprint density at radius 3 is 3.13 bits per heavy atom. The zero-order chi connectivity index (χ0) is 11.1. The highest BCUT2D eigenvalue weighted by Gasteiger charge is 2.15. The molecular weight excluding hydrogens is 214 g/mol. The molecule has 0 aliphatic carbocycles. The van der Waals surface area contributed by atoms with E-state index >= 15 is 0 Å². The second-order valence-electron chi connectivity index (χ2n) is 2.96. The summed E-state index contributed by atoms with van der Waals surface area (Å²) in [7, 11) is 1.34. The predicted octanol–water partition coefficient (Wildman–Crippen LogP) is 1.65. The summed E-state index contributed by atoms with van der Waals surface area (Å²) in [4.78, 5) is 11.2. The molecule has 1 aromatic rings. The molecule has 0 spiro atoms. The van der Waals surface area contributed by atoms with E-state index in [0.717, 1.165) is 23.5 Å². The Hall–Kier alpha value is -0.940. The molecule has 0 aliphatic rings. The summed E-state index contributed by atoms with van der Waals surface area (Å²) in [5.74, 6) is 1.62. The van der Waals surface area contributed by atoms with Crippen LogP contribution in [0.3, 0.4) is 0 Å². The van der Waals surface area contributed by atoms with Crippen molar-refractivity contribution in [2.24, 2.45) is 5.73 Å². The van der Waals surface area contributed by atoms with Gasteiger partial charge in [-0.2, -0.15) is 11.8 Å². The second-order valence-corrected chi connectivity index (χ2v) is 4.07. The van der Waals surface area contributed by atoms with Gasteiger partial charge in [0.15, 0.2) is 0 Å². The molecule has 1 heterocycles. The highest BCUT2D eigenvalue weighted by Crippen LogP contribution is 2.18. The molecule has 0 amide bonds. The molecule has 0 aromatic carbocycles. The first-order valence-electron chi connectivity index (χ1n) is 4.72. The number of furan rings is 1. The SMILES string of the molecule is COC(=O)c1occc1CSCCCN. The Labute approximate surface area is 93.2 Å². The molecule has 2 N–H and O–H groups in total. The number of nitrogens with two attached hydrogens (primary N) is 1. The van der Waals surface area contributed by atoms with Crippen LogP contribution in [0, 0.1) is 0 Å². The number of ether oxygens (including phenoxy) is 1. The first-order valence-corrected chi connectivity index (χ1v) is 5.87. The third-order valence-electron chi connectivity index (χ3n) is 1.87. The van der Waals surface area contributed by atoms with E-state index in [0.29, 0.717) is 12.3 Å². The number of rotatable bonds is 6. The summed E-state index contributed by atoms with van der Waals surface area (Å²) in [5.41, 5.74) is 6.26. The number of carbonyl (C=O) groups is 1. The maximum absolute atomic E-state index is 11.2. The van der Waals surface area contributed by atoms with E-state index in [4.69, 9.17) is 10.2 Å². The fraction of sp³-hybridized carbons (Fsp3) is 0.500. The molecule has 1 aromatic heterocycles. The highest BCUT2D eigenvalue weighted by atomic mass is 32.2.